The normalized spacial score (nSPS) is 12.7. The molecular formula is C20H27NO4S. The van der Waals surface area contributed by atoms with E-state index in [4.69, 9.17) is 4.74 Å². The number of hydrogen-bond donors (Lipinski definition) is 1. The molecule has 1 atom stereocenters. The van der Waals surface area contributed by atoms with E-state index in [0.717, 1.165) is 28.5 Å². The van der Waals surface area contributed by atoms with E-state index in [2.05, 4.69) is 0 Å². The average molecular weight is 378 g/mol. The van der Waals surface area contributed by atoms with Crippen LogP contribution in [0.3, 0.4) is 0 Å². The lowest BCUT2D eigenvalue weighted by Crippen LogP contribution is -2.40. The van der Waals surface area contributed by atoms with Crippen molar-refractivity contribution in [2.45, 2.75) is 33.8 Å². The molecule has 0 saturated carbocycles. The predicted octanol–water partition coefficient (Wildman–Crippen LogP) is 3.13. The molecule has 0 fully saturated rings. The first-order valence-electron chi connectivity index (χ1n) is 8.51. The van der Waals surface area contributed by atoms with Gasteiger partial charge in [-0.15, -0.1) is 0 Å². The first-order chi connectivity index (χ1) is 12.1. The number of nitrogens with zero attached hydrogens (tertiary/aromatic N) is 1. The third-order valence-electron chi connectivity index (χ3n) is 4.09. The van der Waals surface area contributed by atoms with Crippen LogP contribution in [0.2, 0.25) is 0 Å². The fourth-order valence-corrected chi connectivity index (χ4v) is 4.16. The summed E-state index contributed by atoms with van der Waals surface area (Å²) in [4.78, 5) is 0. The van der Waals surface area contributed by atoms with Gasteiger partial charge in [0.1, 0.15) is 18.5 Å². The second-order valence-corrected chi connectivity index (χ2v) is 8.73. The van der Waals surface area contributed by atoms with Gasteiger partial charge in [-0.2, -0.15) is 0 Å². The fourth-order valence-electron chi connectivity index (χ4n) is 3.10. The number of rotatable bonds is 7. The van der Waals surface area contributed by atoms with Gasteiger partial charge in [0.25, 0.3) is 0 Å². The van der Waals surface area contributed by atoms with Gasteiger partial charge in [0.05, 0.1) is 18.5 Å². The Morgan fingerprint density at radius 2 is 1.65 bits per heavy atom. The number of ether oxygens (including phenoxy) is 1. The minimum atomic E-state index is -3.54. The molecule has 0 unspecified atom stereocenters. The number of hydrogen-bond acceptors (Lipinski definition) is 4. The fraction of sp³-hybridized carbons (Fsp3) is 0.400. The molecule has 0 spiro atoms. The monoisotopic (exact) mass is 377 g/mol. The van der Waals surface area contributed by atoms with E-state index in [-0.39, 0.29) is 13.2 Å². The molecule has 1 N–H and O–H groups in total. The van der Waals surface area contributed by atoms with Gasteiger partial charge in [0, 0.05) is 0 Å². The third-order valence-corrected chi connectivity index (χ3v) is 5.23. The molecule has 0 saturated heterocycles. The maximum Gasteiger partial charge on any atom is 0.232 e. The van der Waals surface area contributed by atoms with Crippen molar-refractivity contribution in [3.63, 3.8) is 0 Å². The molecule has 2 aromatic rings. The Bertz CT molecular complexity index is 854. The summed E-state index contributed by atoms with van der Waals surface area (Å²) in [5, 5.41) is 10.4. The van der Waals surface area contributed by atoms with E-state index >= 15 is 0 Å². The molecule has 2 rings (SSSR count). The summed E-state index contributed by atoms with van der Waals surface area (Å²) in [7, 11) is -3.54. The summed E-state index contributed by atoms with van der Waals surface area (Å²) in [5.74, 6) is 0.651. The Morgan fingerprint density at radius 3 is 2.19 bits per heavy atom. The highest BCUT2D eigenvalue weighted by Gasteiger charge is 2.24. The van der Waals surface area contributed by atoms with Crippen LogP contribution in [0, 0.1) is 27.7 Å². The van der Waals surface area contributed by atoms with Crippen LogP contribution < -0.4 is 9.04 Å². The van der Waals surface area contributed by atoms with Gasteiger partial charge in [0.15, 0.2) is 0 Å². The molecule has 0 aliphatic carbocycles. The predicted molar refractivity (Wildman–Crippen MR) is 106 cm³/mol. The standard InChI is InChI=1S/C20H27NO4S/c1-14-7-6-8-19(11-14)25-13-18(22)12-21(26(5,23)24)20-16(3)9-15(2)10-17(20)4/h6-11,18,22H,12-13H2,1-5H3/t18-/m1/s1. The highest BCUT2D eigenvalue weighted by molar-refractivity contribution is 7.92. The number of sulfonamides is 1. The molecule has 0 amide bonds. The van der Waals surface area contributed by atoms with Crippen LogP contribution in [0.5, 0.6) is 5.75 Å². The SMILES string of the molecule is Cc1cccc(OC[C@H](O)CN(c2c(C)cc(C)cc2C)S(C)(=O)=O)c1. The van der Waals surface area contributed by atoms with E-state index in [1.54, 1.807) is 0 Å². The van der Waals surface area contributed by atoms with Crippen LogP contribution in [0.15, 0.2) is 36.4 Å². The van der Waals surface area contributed by atoms with Gasteiger partial charge in [-0.05, 0) is 56.5 Å². The van der Waals surface area contributed by atoms with Crippen molar-refractivity contribution in [2.75, 3.05) is 23.7 Å². The minimum absolute atomic E-state index is 0.0133. The average Bonchev–Trinajstić information content (AvgIpc) is 2.50. The Kier molecular flexibility index (Phi) is 6.31. The van der Waals surface area contributed by atoms with Crippen molar-refractivity contribution in [1.29, 1.82) is 0 Å². The van der Waals surface area contributed by atoms with Gasteiger partial charge in [-0.3, -0.25) is 4.31 Å². The second kappa shape index (κ2) is 8.10. The van der Waals surface area contributed by atoms with Gasteiger partial charge in [-0.25, -0.2) is 8.42 Å². The largest absolute Gasteiger partial charge is 0.491 e. The maximum atomic E-state index is 12.3. The second-order valence-electron chi connectivity index (χ2n) is 6.82. The Balaban J connectivity index is 2.19. The molecular weight excluding hydrogens is 350 g/mol. The van der Waals surface area contributed by atoms with Gasteiger partial charge < -0.3 is 9.84 Å². The van der Waals surface area contributed by atoms with E-state index in [1.165, 1.54) is 4.31 Å². The van der Waals surface area contributed by atoms with Crippen molar-refractivity contribution in [3.05, 3.63) is 58.7 Å². The molecule has 0 bridgehead atoms. The zero-order valence-electron chi connectivity index (χ0n) is 16.0. The van der Waals surface area contributed by atoms with Gasteiger partial charge in [0.2, 0.25) is 10.0 Å². The summed E-state index contributed by atoms with van der Waals surface area (Å²) in [6, 6.07) is 11.4. The van der Waals surface area contributed by atoms with Crippen molar-refractivity contribution in [3.8, 4) is 5.75 Å². The summed E-state index contributed by atoms with van der Waals surface area (Å²) in [6.07, 6.45) is 0.199. The van der Waals surface area contributed by atoms with Gasteiger partial charge >= 0.3 is 0 Å². The van der Waals surface area contributed by atoms with Crippen molar-refractivity contribution in [1.82, 2.24) is 0 Å². The Hall–Kier alpha value is -2.05. The zero-order valence-corrected chi connectivity index (χ0v) is 16.8. The zero-order chi connectivity index (χ0) is 19.5. The summed E-state index contributed by atoms with van der Waals surface area (Å²) in [5.41, 5.74) is 4.47. The molecule has 0 aromatic heterocycles. The number of anilines is 1. The number of aliphatic hydroxyl groups excluding tert-OH is 1. The minimum Gasteiger partial charge on any atom is -0.491 e. The molecule has 6 heteroatoms. The van der Waals surface area contributed by atoms with Crippen LogP contribution in [-0.2, 0) is 10.0 Å². The highest BCUT2D eigenvalue weighted by Crippen LogP contribution is 2.28. The molecule has 2 aromatic carbocycles. The lowest BCUT2D eigenvalue weighted by Gasteiger charge is -2.28. The number of aliphatic hydroxyl groups is 1. The molecule has 142 valence electrons. The smallest absolute Gasteiger partial charge is 0.232 e. The van der Waals surface area contributed by atoms with Crippen molar-refractivity contribution < 1.29 is 18.3 Å². The molecule has 5 nitrogen and oxygen atoms in total. The van der Waals surface area contributed by atoms with Crippen LogP contribution in [0.1, 0.15) is 22.3 Å². The lowest BCUT2D eigenvalue weighted by molar-refractivity contribution is 0.115. The van der Waals surface area contributed by atoms with Crippen LogP contribution in [-0.4, -0.2) is 39.0 Å². The van der Waals surface area contributed by atoms with E-state index in [0.29, 0.717) is 11.4 Å². The molecule has 0 aliphatic heterocycles. The Morgan fingerprint density at radius 1 is 1.04 bits per heavy atom. The first-order valence-corrected chi connectivity index (χ1v) is 10.4. The maximum absolute atomic E-state index is 12.3. The summed E-state index contributed by atoms with van der Waals surface area (Å²) < 4.78 is 31.6. The van der Waals surface area contributed by atoms with E-state index in [1.807, 2.05) is 64.1 Å². The molecule has 26 heavy (non-hydrogen) atoms. The van der Waals surface area contributed by atoms with Crippen molar-refractivity contribution >= 4 is 15.7 Å². The van der Waals surface area contributed by atoms with E-state index < -0.39 is 16.1 Å². The quantitative estimate of drug-likeness (QED) is 0.805. The van der Waals surface area contributed by atoms with Crippen LogP contribution >= 0.6 is 0 Å². The van der Waals surface area contributed by atoms with Gasteiger partial charge in [-0.1, -0.05) is 29.8 Å². The van der Waals surface area contributed by atoms with Crippen LogP contribution in [0.4, 0.5) is 5.69 Å². The molecule has 0 heterocycles. The van der Waals surface area contributed by atoms with Crippen molar-refractivity contribution in [2.24, 2.45) is 0 Å². The number of benzene rings is 2. The van der Waals surface area contributed by atoms with E-state index in [9.17, 15) is 13.5 Å². The Labute approximate surface area is 156 Å². The third kappa shape index (κ3) is 5.22. The van der Waals surface area contributed by atoms with Crippen LogP contribution in [0.25, 0.3) is 0 Å². The number of aryl methyl sites for hydroxylation is 4. The first kappa shape index (κ1) is 20.3. The summed E-state index contributed by atoms with van der Waals surface area (Å²) >= 11 is 0. The summed E-state index contributed by atoms with van der Waals surface area (Å²) in [6.45, 7) is 7.64. The lowest BCUT2D eigenvalue weighted by atomic mass is 10.0. The topological polar surface area (TPSA) is 66.8 Å². The highest BCUT2D eigenvalue weighted by atomic mass is 32.2. The molecule has 0 radical (unpaired) electrons. The molecule has 0 aliphatic rings.